The van der Waals surface area contributed by atoms with Crippen LogP contribution in [0.3, 0.4) is 0 Å². The fourth-order valence-electron chi connectivity index (χ4n) is 1.96. The van der Waals surface area contributed by atoms with Crippen LogP contribution in [0.4, 0.5) is 0 Å². The summed E-state index contributed by atoms with van der Waals surface area (Å²) in [6.45, 7) is 6.54. The van der Waals surface area contributed by atoms with E-state index < -0.39 is 0 Å². The van der Waals surface area contributed by atoms with E-state index in [1.807, 2.05) is 0 Å². The fraction of sp³-hybridized carbons (Fsp3) is 0.333. The fourth-order valence-corrected chi connectivity index (χ4v) is 3.43. The molecule has 1 aromatic heterocycles. The molecule has 0 saturated carbocycles. The molecule has 3 heteroatoms. The number of hydrogen-bond acceptors (Lipinski definition) is 2. The third-order valence-electron chi connectivity index (χ3n) is 3.09. The number of benzene rings is 1. The lowest BCUT2D eigenvalue weighted by atomic mass is 10.1. The van der Waals surface area contributed by atoms with Crippen molar-refractivity contribution in [1.82, 2.24) is 5.32 Å². The van der Waals surface area contributed by atoms with Crippen molar-refractivity contribution in [2.75, 3.05) is 0 Å². The zero-order chi connectivity index (χ0) is 13.1. The Morgan fingerprint density at radius 2 is 1.78 bits per heavy atom. The van der Waals surface area contributed by atoms with E-state index in [1.165, 1.54) is 20.5 Å². The van der Waals surface area contributed by atoms with Gasteiger partial charge in [-0.3, -0.25) is 0 Å². The van der Waals surface area contributed by atoms with Crippen molar-refractivity contribution < 1.29 is 0 Å². The van der Waals surface area contributed by atoms with Gasteiger partial charge >= 0.3 is 0 Å². The van der Waals surface area contributed by atoms with E-state index in [4.69, 9.17) is 0 Å². The molecule has 2 aromatic rings. The molecule has 1 aromatic carbocycles. The molecule has 0 aliphatic rings. The zero-order valence-electron chi connectivity index (χ0n) is 10.9. The molecule has 1 N–H and O–H groups in total. The van der Waals surface area contributed by atoms with Crippen molar-refractivity contribution >= 4 is 27.3 Å². The molecule has 1 nitrogen and oxygen atoms in total. The monoisotopic (exact) mass is 323 g/mol. The maximum absolute atomic E-state index is 3.63. The summed E-state index contributed by atoms with van der Waals surface area (Å²) in [7, 11) is 0. The van der Waals surface area contributed by atoms with Gasteiger partial charge in [0.05, 0.1) is 0 Å². The second kappa shape index (κ2) is 6.00. The molecule has 1 unspecified atom stereocenters. The molecule has 96 valence electrons. The average molecular weight is 324 g/mol. The predicted molar refractivity (Wildman–Crippen MR) is 83.2 cm³/mol. The second-order valence-corrected chi connectivity index (χ2v) is 6.55. The lowest BCUT2D eigenvalue weighted by molar-refractivity contribution is 0.500. The molecular weight excluding hydrogens is 306 g/mol. The van der Waals surface area contributed by atoms with Gasteiger partial charge in [-0.15, -0.1) is 11.3 Å². The summed E-state index contributed by atoms with van der Waals surface area (Å²) < 4.78 is 1.17. The van der Waals surface area contributed by atoms with E-state index in [-0.39, 0.29) is 0 Å². The van der Waals surface area contributed by atoms with E-state index in [9.17, 15) is 0 Å². The van der Waals surface area contributed by atoms with Crippen LogP contribution in [-0.2, 0) is 0 Å². The normalized spacial score (nSPS) is 14.4. The molecule has 18 heavy (non-hydrogen) atoms. The van der Waals surface area contributed by atoms with Crippen molar-refractivity contribution in [2.24, 2.45) is 0 Å². The van der Waals surface area contributed by atoms with E-state index in [1.54, 1.807) is 11.3 Å². The Morgan fingerprint density at radius 3 is 2.33 bits per heavy atom. The molecule has 0 saturated heterocycles. The first-order valence-corrected chi connectivity index (χ1v) is 7.80. The minimum atomic E-state index is 0.362. The standard InChI is InChI=1S/C15H18BrNS/c1-10-4-6-13(7-5-10)11(2)17-12(3)15-8-14(16)9-18-15/h4-9,11-12,17H,1-3H3/t11-,12?/m1/s1. The van der Waals surface area contributed by atoms with Crippen LogP contribution in [0, 0.1) is 6.92 Å². The largest absolute Gasteiger partial charge is 0.303 e. The van der Waals surface area contributed by atoms with Gasteiger partial charge in [0.2, 0.25) is 0 Å². The molecule has 0 fully saturated rings. The number of thiophene rings is 1. The van der Waals surface area contributed by atoms with Crippen molar-refractivity contribution in [3.05, 3.63) is 56.2 Å². The minimum absolute atomic E-state index is 0.362. The molecule has 1 heterocycles. The smallest absolute Gasteiger partial charge is 0.0391 e. The van der Waals surface area contributed by atoms with E-state index in [2.05, 4.69) is 77.7 Å². The first kappa shape index (κ1) is 13.8. The Balaban J connectivity index is 2.02. The Bertz CT molecular complexity index is 503. The second-order valence-electron chi connectivity index (χ2n) is 4.69. The summed E-state index contributed by atoms with van der Waals surface area (Å²) in [5.41, 5.74) is 2.64. The van der Waals surface area contributed by atoms with Crippen molar-refractivity contribution in [3.8, 4) is 0 Å². The van der Waals surface area contributed by atoms with Crippen LogP contribution >= 0.6 is 27.3 Å². The highest BCUT2D eigenvalue weighted by Crippen LogP contribution is 2.27. The van der Waals surface area contributed by atoms with Crippen LogP contribution in [0.25, 0.3) is 0 Å². The van der Waals surface area contributed by atoms with Gasteiger partial charge in [0.1, 0.15) is 0 Å². The van der Waals surface area contributed by atoms with Crippen LogP contribution in [0.2, 0.25) is 0 Å². The Hall–Kier alpha value is -0.640. The minimum Gasteiger partial charge on any atom is -0.303 e. The number of hydrogen-bond donors (Lipinski definition) is 1. The summed E-state index contributed by atoms with van der Waals surface area (Å²) in [6.07, 6.45) is 0. The van der Waals surface area contributed by atoms with E-state index >= 15 is 0 Å². The van der Waals surface area contributed by atoms with Crippen molar-refractivity contribution in [3.63, 3.8) is 0 Å². The zero-order valence-corrected chi connectivity index (χ0v) is 13.3. The quantitative estimate of drug-likeness (QED) is 0.812. The summed E-state index contributed by atoms with van der Waals surface area (Å²) >= 11 is 5.29. The molecule has 0 aliphatic heterocycles. The van der Waals surface area contributed by atoms with Crippen molar-refractivity contribution in [2.45, 2.75) is 32.9 Å². The number of rotatable bonds is 4. The highest BCUT2D eigenvalue weighted by Gasteiger charge is 2.12. The number of aryl methyl sites for hydroxylation is 1. The first-order chi connectivity index (χ1) is 8.56. The average Bonchev–Trinajstić information content (AvgIpc) is 2.76. The molecule has 2 atom stereocenters. The van der Waals surface area contributed by atoms with Gasteiger partial charge in [-0.05, 0) is 48.3 Å². The third kappa shape index (κ3) is 3.44. The molecule has 0 radical (unpaired) electrons. The lowest BCUT2D eigenvalue weighted by Crippen LogP contribution is -2.21. The van der Waals surface area contributed by atoms with Gasteiger partial charge in [-0.25, -0.2) is 0 Å². The molecule has 0 spiro atoms. The van der Waals surface area contributed by atoms with E-state index in [0.717, 1.165) is 0 Å². The van der Waals surface area contributed by atoms with Gasteiger partial charge in [0, 0.05) is 26.8 Å². The van der Waals surface area contributed by atoms with Crippen LogP contribution in [0.1, 0.15) is 41.9 Å². The van der Waals surface area contributed by atoms with Gasteiger partial charge in [-0.2, -0.15) is 0 Å². The summed E-state index contributed by atoms with van der Waals surface area (Å²) in [6, 6.07) is 11.7. The van der Waals surface area contributed by atoms with Gasteiger partial charge < -0.3 is 5.32 Å². The van der Waals surface area contributed by atoms with Gasteiger partial charge in [0.25, 0.3) is 0 Å². The molecule has 0 bridgehead atoms. The summed E-state index contributed by atoms with van der Waals surface area (Å²) in [5, 5.41) is 5.76. The molecule has 0 aliphatic carbocycles. The lowest BCUT2D eigenvalue weighted by Gasteiger charge is -2.19. The van der Waals surface area contributed by atoms with Crippen LogP contribution in [0.15, 0.2) is 40.2 Å². The molecular formula is C15H18BrNS. The van der Waals surface area contributed by atoms with Crippen LogP contribution in [0.5, 0.6) is 0 Å². The summed E-state index contributed by atoms with van der Waals surface area (Å²) in [4.78, 5) is 1.36. The SMILES string of the molecule is Cc1ccc([C@@H](C)NC(C)c2cc(Br)cs2)cc1. The molecule has 2 rings (SSSR count). The van der Waals surface area contributed by atoms with Gasteiger partial charge in [-0.1, -0.05) is 29.8 Å². The predicted octanol–water partition coefficient (Wildman–Crippen LogP) is 5.23. The third-order valence-corrected chi connectivity index (χ3v) is 4.97. The Morgan fingerprint density at radius 1 is 1.11 bits per heavy atom. The topological polar surface area (TPSA) is 12.0 Å². The maximum atomic E-state index is 3.63. The molecule has 0 amide bonds. The first-order valence-electron chi connectivity index (χ1n) is 6.13. The summed E-state index contributed by atoms with van der Waals surface area (Å²) in [5.74, 6) is 0. The van der Waals surface area contributed by atoms with E-state index in [0.29, 0.717) is 12.1 Å². The Kier molecular flexibility index (Phi) is 4.60. The highest BCUT2D eigenvalue weighted by molar-refractivity contribution is 9.10. The number of nitrogens with one attached hydrogen (secondary N) is 1. The maximum Gasteiger partial charge on any atom is 0.0391 e. The highest BCUT2D eigenvalue weighted by atomic mass is 79.9. The van der Waals surface area contributed by atoms with Crippen LogP contribution < -0.4 is 5.32 Å². The van der Waals surface area contributed by atoms with Gasteiger partial charge in [0.15, 0.2) is 0 Å². The van der Waals surface area contributed by atoms with Crippen LogP contribution in [-0.4, -0.2) is 0 Å². The Labute approximate surface area is 121 Å². The van der Waals surface area contributed by atoms with Crippen molar-refractivity contribution in [1.29, 1.82) is 0 Å². The number of halogens is 1.